The molecule has 0 saturated carbocycles. The van der Waals surface area contributed by atoms with Crippen LogP contribution in [0.4, 0.5) is 13.2 Å². The number of ketones is 4. The van der Waals surface area contributed by atoms with Crippen LogP contribution in [-0.2, 0) is 93.3 Å². The first-order valence-electron chi connectivity index (χ1n) is 48.5. The Morgan fingerprint density at radius 1 is 0.621 bits per heavy atom. The van der Waals surface area contributed by atoms with E-state index in [0.717, 1.165) is 128 Å². The molecule has 3 heterocycles. The Morgan fingerprint density at radius 3 is 1.59 bits per heavy atom. The van der Waals surface area contributed by atoms with Crippen molar-refractivity contribution in [2.24, 2.45) is 69.4 Å². The Morgan fingerprint density at radius 2 is 1.12 bits per heavy atom. The number of benzene rings is 5. The van der Waals surface area contributed by atoms with Crippen LogP contribution in [0.3, 0.4) is 0 Å². The van der Waals surface area contributed by atoms with Gasteiger partial charge in [-0.3, -0.25) is 39.2 Å². The second-order valence-corrected chi connectivity index (χ2v) is 43.1. The maximum atomic E-state index is 13.5. The maximum Gasteiger partial charge on any atom is 0.417 e. The number of aryl methyl sites for hydroxylation is 3. The molecule has 0 radical (unpaired) electrons. The molecule has 2 aliphatic rings. The molecule has 9 rings (SSSR count). The van der Waals surface area contributed by atoms with Crippen molar-refractivity contribution in [1.82, 2.24) is 20.2 Å². The molecule has 5 aromatic carbocycles. The first-order valence-corrected chi connectivity index (χ1v) is 49.2. The molecule has 140 heavy (non-hydrogen) atoms. The summed E-state index contributed by atoms with van der Waals surface area (Å²) in [5.74, 6) is 1.03. The van der Waals surface area contributed by atoms with Crippen LogP contribution < -0.4 is 21.9 Å². The molecule has 20 nitrogen and oxygen atoms in total. The Hall–Kier alpha value is -10.7. The van der Waals surface area contributed by atoms with Crippen molar-refractivity contribution in [3.8, 4) is 16.9 Å². The highest BCUT2D eigenvalue weighted by Gasteiger charge is 2.38. The maximum absolute atomic E-state index is 13.5. The highest BCUT2D eigenvalue weighted by atomic mass is 35.5. The number of hydrogen-bond donors (Lipinski definition) is 9. The molecule has 7 aromatic rings. The van der Waals surface area contributed by atoms with Crippen molar-refractivity contribution >= 4 is 63.7 Å². The number of carbonyl (C=O) groups excluding carboxylic acids is 5. The molecule has 25 heteroatoms. The Labute approximate surface area is 840 Å². The summed E-state index contributed by atoms with van der Waals surface area (Å²) in [6, 6.07) is 37.9. The fourth-order valence-electron chi connectivity index (χ4n) is 17.3. The average molecular weight is 1980 g/mol. The van der Waals surface area contributed by atoms with Crippen molar-refractivity contribution in [2.75, 3.05) is 40.5 Å². The lowest BCUT2D eigenvalue weighted by Gasteiger charge is -2.30. The van der Waals surface area contributed by atoms with Gasteiger partial charge in [-0.1, -0.05) is 251 Å². The summed E-state index contributed by atoms with van der Waals surface area (Å²) in [5, 5.41) is 62.8. The summed E-state index contributed by atoms with van der Waals surface area (Å²) in [7, 11) is 4.88. The number of Topliss-reactive ketones (excluding diaryl/α,β-unsaturated/α-hetero) is 4. The van der Waals surface area contributed by atoms with Gasteiger partial charge in [-0.05, 0) is 205 Å². The van der Waals surface area contributed by atoms with E-state index in [1.165, 1.54) is 72.1 Å². The van der Waals surface area contributed by atoms with Crippen LogP contribution in [0.1, 0.15) is 277 Å². The lowest BCUT2D eigenvalue weighted by molar-refractivity contribution is -0.137. The fraction of sp³-hybridized carbons (Fsp3) is 0.496. The molecule has 1 aliphatic heterocycles. The third kappa shape index (κ3) is 39.3. The van der Waals surface area contributed by atoms with Gasteiger partial charge in [0.15, 0.2) is 11.6 Å². The Balaban J connectivity index is 0.000000309. The van der Waals surface area contributed by atoms with Crippen molar-refractivity contribution in [3.63, 3.8) is 0 Å². The van der Waals surface area contributed by atoms with Crippen LogP contribution in [0, 0.1) is 69.0 Å². The van der Waals surface area contributed by atoms with E-state index in [2.05, 4.69) is 142 Å². The van der Waals surface area contributed by atoms with E-state index in [4.69, 9.17) is 53.5 Å². The monoisotopic (exact) mass is 1970 g/mol. The van der Waals surface area contributed by atoms with E-state index in [0.29, 0.717) is 70.3 Å². The number of unbranched alkanes of at least 4 members (excludes halogenated alkanes) is 3. The number of pyridine rings is 2. The van der Waals surface area contributed by atoms with Crippen LogP contribution in [0.2, 0.25) is 10.0 Å². The number of halogens is 5. The SMILES string of the molecule is C=C(O)C(CCNC(=O)CCCCc1ccc2c(n1)CCNC2)C(C)(C)C.C=C(O)C(Cc1ccc(-c2c(C(F)(F)F)cc(C)n(C)c2=O)cc1)C(C)(C)C.C=C(O)C(Cc1ccc(C2=C(OC)C=C(COCC)CC2OC)cc1)C(C)(C)C.C=C(O)C(Cc1ccc(CC(=O)CCCCCC(=N)N)cc1)C(C)(C)C.CC(=O)C(CC(=O)c1c(Cl)cc(C(=O)CCc2cccc(O)c2)cc1Cl)C(C)(C)C. The summed E-state index contributed by atoms with van der Waals surface area (Å²) < 4.78 is 58.8. The number of alkyl halides is 3. The molecule has 0 saturated heterocycles. The standard InChI is InChI=1S/C25H36O4.C24H26Cl2O4.C22H26F3NO2.C22H35N3O2.C22H34N2O2/c1-8-29-16-19-14-22(27-6)24(23(15-19)28-7)20-11-9-18(10-12-20)13-21(17(2)26)25(3,4)5;1-14(27)18(24(2,3)4)13-22(30)23-19(25)11-16(12-20(23)26)21(29)9-8-15-6-5-7-17(28)10-15;1-13-11-18(22(23,24)25)19(20(28)26(13)6)16-9-7-15(8-10-16)12-17(14(2)27)21(3,4)5;1-16(26)19(22(2,3)4)11-14-24-21(27)8-6-5-7-18-10-9-17-15-23-13-12-20(17)25-18;1-16(25)20(22(2,3)4)15-18-12-10-17(11-13-18)14-19(26)8-6-5-7-9-21(23)24/h9-12,14,21,23,26H,2,8,13,15-16H2,1,3-7H3;5-7,10-12,18,28H,8-9,13H2,1-4H3;7-11,17,27H,2,12H2,1,3-6H3;9-10,19,23,26H,1,5-8,11-15H2,2-4H3,(H,24,27);10-13,20,25H,1,5-9,14-15H2,2-4H3,(H3,23,24). The first kappa shape index (κ1) is 120. The van der Waals surface area contributed by atoms with Gasteiger partial charge in [0.1, 0.15) is 23.1 Å². The quantitative estimate of drug-likeness (QED) is 0.00565. The molecule has 0 spiro atoms. The van der Waals surface area contributed by atoms with Crippen LogP contribution >= 0.6 is 23.2 Å². The van der Waals surface area contributed by atoms with Gasteiger partial charge >= 0.3 is 6.18 Å². The predicted molar refractivity (Wildman–Crippen MR) is 562 cm³/mol. The predicted octanol–water partition coefficient (Wildman–Crippen LogP) is 26.3. The zero-order valence-electron chi connectivity index (χ0n) is 86.7. The number of carbonyl (C=O) groups is 5. The largest absolute Gasteiger partial charge is 0.513 e. The van der Waals surface area contributed by atoms with Gasteiger partial charge in [0.2, 0.25) is 5.91 Å². The van der Waals surface area contributed by atoms with Gasteiger partial charge < -0.3 is 60.7 Å². The van der Waals surface area contributed by atoms with Gasteiger partial charge in [-0.15, -0.1) is 0 Å². The van der Waals surface area contributed by atoms with E-state index < -0.39 is 23.2 Å². The highest BCUT2D eigenvalue weighted by Crippen LogP contribution is 2.42. The van der Waals surface area contributed by atoms with Crippen LogP contribution in [0.5, 0.6) is 5.75 Å². The zero-order chi connectivity index (χ0) is 105. The third-order valence-corrected chi connectivity index (χ3v) is 26.3. The smallest absolute Gasteiger partial charge is 0.417 e. The third-order valence-electron chi connectivity index (χ3n) is 25.7. The van der Waals surface area contributed by atoms with Gasteiger partial charge in [0.25, 0.3) is 5.56 Å². The van der Waals surface area contributed by atoms with Crippen molar-refractivity contribution in [3.05, 3.63) is 287 Å². The number of aliphatic hydroxyl groups excluding tert-OH is 4. The number of hydrogen-bond acceptors (Lipinski definition) is 17. The number of aromatic nitrogens is 2. The van der Waals surface area contributed by atoms with E-state index in [1.807, 2.05) is 78.8 Å². The minimum absolute atomic E-state index is 0.00304. The lowest BCUT2D eigenvalue weighted by Crippen LogP contribution is -2.30. The Kier molecular flexibility index (Phi) is 47.1. The first-order chi connectivity index (χ1) is 65.2. The zero-order valence-corrected chi connectivity index (χ0v) is 88.2. The van der Waals surface area contributed by atoms with Gasteiger partial charge in [0, 0.05) is 150 Å². The molecule has 0 fully saturated rings. The van der Waals surface area contributed by atoms with Gasteiger partial charge in [-0.25, -0.2) is 0 Å². The average Bonchev–Trinajstić information content (AvgIpc) is 0.766. The lowest BCUT2D eigenvalue weighted by atomic mass is 9.75. The molecule has 2 aromatic heterocycles. The molecule has 10 N–H and O–H groups in total. The van der Waals surface area contributed by atoms with Crippen LogP contribution in [0.15, 0.2) is 199 Å². The number of amidine groups is 1. The number of fused-ring (bicyclic) bond motifs is 1. The number of allylic oxidation sites excluding steroid dienone is 5. The minimum atomic E-state index is -4.63. The fourth-order valence-corrected chi connectivity index (χ4v) is 18.0. The number of phenolic OH excluding ortho intramolecular Hbond substituents is 1. The second-order valence-electron chi connectivity index (χ2n) is 42.3. The van der Waals surface area contributed by atoms with E-state index in [1.54, 1.807) is 44.6 Å². The number of ether oxygens (including phenoxy) is 3. The topological polar surface area (TPSA) is 323 Å². The van der Waals surface area contributed by atoms with Gasteiger partial charge in [0.05, 0.1) is 75.4 Å². The number of nitrogens with two attached hydrogens (primary N) is 1. The number of nitrogens with one attached hydrogen (secondary N) is 3. The van der Waals surface area contributed by atoms with Crippen molar-refractivity contribution in [1.29, 1.82) is 5.41 Å². The number of aliphatic hydroxyl groups is 4. The van der Waals surface area contributed by atoms with Crippen LogP contribution in [0.25, 0.3) is 16.7 Å². The number of aromatic hydroxyl groups is 1. The molecule has 6 unspecified atom stereocenters. The normalized spacial score (nSPS) is 14.4. The highest BCUT2D eigenvalue weighted by molar-refractivity contribution is 6.40. The minimum Gasteiger partial charge on any atom is -0.513 e. The molecule has 766 valence electrons. The van der Waals surface area contributed by atoms with E-state index >= 15 is 0 Å². The van der Waals surface area contributed by atoms with Crippen molar-refractivity contribution < 1.29 is 76.9 Å². The molecule has 1 aliphatic carbocycles. The van der Waals surface area contributed by atoms with Gasteiger partial charge in [-0.2, -0.15) is 13.2 Å². The molecular formula is C115H157Cl2F3N6O14. The number of nitrogens with zero attached hydrogens (tertiary/aromatic N) is 2. The van der Waals surface area contributed by atoms with E-state index in [9.17, 15) is 67.5 Å². The molecule has 0 bridgehead atoms. The number of amides is 1. The summed E-state index contributed by atoms with van der Waals surface area (Å²) in [6.45, 7) is 54.1. The summed E-state index contributed by atoms with van der Waals surface area (Å²) in [6.07, 6.45) is 10.1. The summed E-state index contributed by atoms with van der Waals surface area (Å²) >= 11 is 12.6. The Bertz CT molecular complexity index is 5460. The van der Waals surface area contributed by atoms with Crippen molar-refractivity contribution in [2.45, 2.75) is 265 Å². The van der Waals surface area contributed by atoms with Crippen LogP contribution in [-0.4, -0.2) is 117 Å². The molecule has 6 atom stereocenters. The molecular weight excluding hydrogens is 1820 g/mol. The number of methoxy groups -OCH3 is 2. The molecule has 1 amide bonds. The number of rotatable bonds is 41. The van der Waals surface area contributed by atoms with E-state index in [-0.39, 0.29) is 166 Å². The second kappa shape index (κ2) is 55.1. The summed E-state index contributed by atoms with van der Waals surface area (Å²) in [5.41, 5.74) is 15.5. The number of phenols is 1. The summed E-state index contributed by atoms with van der Waals surface area (Å²) in [4.78, 5) is 78.9.